The van der Waals surface area contributed by atoms with Crippen molar-refractivity contribution in [2.75, 3.05) is 14.1 Å². The molecule has 10 atom stereocenters. The molecule has 4 aliphatic rings. The van der Waals surface area contributed by atoms with Crippen LogP contribution in [0.3, 0.4) is 0 Å². The van der Waals surface area contributed by atoms with Crippen molar-refractivity contribution in [1.82, 2.24) is 10.6 Å². The van der Waals surface area contributed by atoms with Crippen molar-refractivity contribution in [3.63, 3.8) is 0 Å². The number of rotatable bonds is 2. The molecule has 4 heterocycles. The lowest BCUT2D eigenvalue weighted by atomic mass is 9.98. The molecule has 0 aromatic rings. The first kappa shape index (κ1) is 24.1. The SMILES string of the molecule is CN=C1N[C@@H]2C[C@H](O)[C@@H]([C@@H](C)O)O[C@@H]2S1.CN=C1N[C@@H]2C[C@H](O)[C@@H]([C@H](C)O)O[C@@H]2S1. The Labute approximate surface area is 184 Å². The lowest BCUT2D eigenvalue weighted by molar-refractivity contribution is -0.138. The fraction of sp³-hybridized carbons (Fsp3) is 0.889. The van der Waals surface area contributed by atoms with Crippen LogP contribution in [-0.4, -0.2) is 104 Å². The summed E-state index contributed by atoms with van der Waals surface area (Å²) in [5, 5.41) is 46.5. The molecule has 0 amide bonds. The van der Waals surface area contributed by atoms with Crippen LogP contribution in [-0.2, 0) is 9.47 Å². The second-order valence-electron chi connectivity index (χ2n) is 7.82. The molecular weight excluding hydrogens is 432 g/mol. The minimum Gasteiger partial charge on any atom is -0.391 e. The molecule has 0 aromatic heterocycles. The van der Waals surface area contributed by atoms with Crippen LogP contribution in [0.4, 0.5) is 0 Å². The van der Waals surface area contributed by atoms with Gasteiger partial charge in [0.1, 0.15) is 23.1 Å². The van der Waals surface area contributed by atoms with Crippen LogP contribution < -0.4 is 10.6 Å². The van der Waals surface area contributed by atoms with Gasteiger partial charge in [0, 0.05) is 14.1 Å². The third kappa shape index (κ3) is 5.41. The molecule has 10 nitrogen and oxygen atoms in total. The zero-order valence-corrected chi connectivity index (χ0v) is 19.1. The Bertz CT molecular complexity index is 598. The quantitative estimate of drug-likeness (QED) is 0.303. The molecular formula is C18H32N4O6S2. The van der Waals surface area contributed by atoms with Crippen molar-refractivity contribution in [1.29, 1.82) is 0 Å². The fourth-order valence-corrected chi connectivity index (χ4v) is 6.02. The molecule has 4 rings (SSSR count). The number of fused-ring (bicyclic) bond motifs is 2. The number of amidine groups is 2. The summed E-state index contributed by atoms with van der Waals surface area (Å²) in [6, 6.07) is 0.192. The minimum atomic E-state index is -0.649. The van der Waals surface area contributed by atoms with E-state index in [4.69, 9.17) is 9.47 Å². The van der Waals surface area contributed by atoms with E-state index in [0.717, 1.165) is 10.3 Å². The van der Waals surface area contributed by atoms with E-state index in [1.54, 1.807) is 27.9 Å². The maximum atomic E-state index is 9.77. The van der Waals surface area contributed by atoms with E-state index in [0.29, 0.717) is 12.8 Å². The number of aliphatic hydroxyl groups excluding tert-OH is 4. The standard InChI is InChI=1S/2C9H16N2O3S/c2*1-4(12)7-6(13)3-5-8(14-7)15-9(10-2)11-5/h2*4-8,12-13H,3H2,1-2H3,(H,10,11)/t4-,5+,6-,7+,8+;4-,5-,6+,7-,8-/m01/s1. The predicted octanol–water partition coefficient (Wildman–Crippen LogP) is -0.932. The molecule has 0 aliphatic carbocycles. The number of aliphatic imine (C=N–C) groups is 2. The van der Waals surface area contributed by atoms with Gasteiger partial charge in [0.2, 0.25) is 0 Å². The Kier molecular flexibility index (Phi) is 8.29. The number of nitrogens with zero attached hydrogens (tertiary/aromatic N) is 2. The normalized spacial score (nSPS) is 44.9. The van der Waals surface area contributed by atoms with E-state index in [9.17, 15) is 20.4 Å². The van der Waals surface area contributed by atoms with Crippen molar-refractivity contribution in [3.05, 3.63) is 0 Å². The molecule has 0 unspecified atom stereocenters. The van der Waals surface area contributed by atoms with Gasteiger partial charge in [0.25, 0.3) is 0 Å². The van der Waals surface area contributed by atoms with Crippen LogP contribution in [0, 0.1) is 0 Å². The molecule has 4 fully saturated rings. The highest BCUT2D eigenvalue weighted by molar-refractivity contribution is 8.14. The van der Waals surface area contributed by atoms with Crippen LogP contribution in [0.25, 0.3) is 0 Å². The van der Waals surface area contributed by atoms with Gasteiger partial charge in [-0.15, -0.1) is 0 Å². The van der Waals surface area contributed by atoms with E-state index in [-0.39, 0.29) is 23.0 Å². The second-order valence-corrected chi connectivity index (χ2v) is 9.99. The molecule has 4 aliphatic heterocycles. The smallest absolute Gasteiger partial charge is 0.159 e. The third-order valence-corrected chi connectivity index (χ3v) is 7.81. The number of thioether (sulfide) groups is 2. The zero-order valence-electron chi connectivity index (χ0n) is 17.5. The number of ether oxygens (including phenoxy) is 2. The average Bonchev–Trinajstić information content (AvgIpc) is 3.29. The van der Waals surface area contributed by atoms with Crippen molar-refractivity contribution in [3.8, 4) is 0 Å². The van der Waals surface area contributed by atoms with Crippen LogP contribution in [0.15, 0.2) is 9.98 Å². The minimum absolute atomic E-state index is 0.0494. The second kappa shape index (κ2) is 10.3. The lowest BCUT2D eigenvalue weighted by Gasteiger charge is -2.36. The molecule has 12 heteroatoms. The monoisotopic (exact) mass is 464 g/mol. The molecule has 0 saturated carbocycles. The molecule has 0 radical (unpaired) electrons. The van der Waals surface area contributed by atoms with Crippen LogP contribution in [0.5, 0.6) is 0 Å². The van der Waals surface area contributed by atoms with Gasteiger partial charge in [0.05, 0.1) is 36.5 Å². The van der Waals surface area contributed by atoms with Crippen LogP contribution in [0.2, 0.25) is 0 Å². The lowest BCUT2D eigenvalue weighted by Crippen LogP contribution is -2.51. The van der Waals surface area contributed by atoms with Gasteiger partial charge >= 0.3 is 0 Å². The Morgan fingerprint density at radius 2 is 1.20 bits per heavy atom. The van der Waals surface area contributed by atoms with E-state index in [1.165, 1.54) is 23.5 Å². The van der Waals surface area contributed by atoms with Gasteiger partial charge < -0.3 is 40.5 Å². The van der Waals surface area contributed by atoms with Crippen molar-refractivity contribution in [2.45, 2.75) is 86.3 Å². The van der Waals surface area contributed by atoms with Gasteiger partial charge in [-0.3, -0.25) is 9.98 Å². The molecule has 0 spiro atoms. The van der Waals surface area contributed by atoms with Crippen molar-refractivity contribution < 1.29 is 29.9 Å². The predicted molar refractivity (Wildman–Crippen MR) is 118 cm³/mol. The van der Waals surface area contributed by atoms with E-state index in [2.05, 4.69) is 20.6 Å². The largest absolute Gasteiger partial charge is 0.391 e. The summed E-state index contributed by atoms with van der Waals surface area (Å²) >= 11 is 3.02. The summed E-state index contributed by atoms with van der Waals surface area (Å²) < 4.78 is 11.3. The first-order valence-electron chi connectivity index (χ1n) is 10.1. The highest BCUT2D eigenvalue weighted by Gasteiger charge is 2.45. The van der Waals surface area contributed by atoms with E-state index >= 15 is 0 Å². The van der Waals surface area contributed by atoms with Gasteiger partial charge in [-0.1, -0.05) is 23.5 Å². The molecule has 0 bridgehead atoms. The van der Waals surface area contributed by atoms with Gasteiger partial charge in [0.15, 0.2) is 10.3 Å². The van der Waals surface area contributed by atoms with Crippen molar-refractivity contribution in [2.24, 2.45) is 9.98 Å². The van der Waals surface area contributed by atoms with Gasteiger partial charge in [-0.2, -0.15) is 0 Å². The Hall–Kier alpha value is -0.600. The summed E-state index contributed by atoms with van der Waals surface area (Å²) in [6.07, 6.45) is -2.33. The Balaban J connectivity index is 0.000000171. The highest BCUT2D eigenvalue weighted by Crippen LogP contribution is 2.35. The molecule has 172 valence electrons. The number of nitrogens with one attached hydrogen (secondary N) is 2. The first-order valence-corrected chi connectivity index (χ1v) is 11.8. The highest BCUT2D eigenvalue weighted by atomic mass is 32.2. The third-order valence-electron chi connectivity index (χ3n) is 5.42. The number of hydrogen-bond acceptors (Lipinski definition) is 10. The number of hydrogen-bond donors (Lipinski definition) is 6. The van der Waals surface area contributed by atoms with E-state index in [1.807, 2.05) is 0 Å². The maximum absolute atomic E-state index is 9.77. The fourth-order valence-electron chi connectivity index (χ4n) is 3.88. The molecule has 0 aromatic carbocycles. The zero-order chi connectivity index (χ0) is 22.0. The van der Waals surface area contributed by atoms with Crippen molar-refractivity contribution >= 4 is 33.9 Å². The summed E-state index contributed by atoms with van der Waals surface area (Å²) in [4.78, 5) is 8.10. The average molecular weight is 465 g/mol. The Morgan fingerprint density at radius 3 is 1.50 bits per heavy atom. The maximum Gasteiger partial charge on any atom is 0.159 e. The molecule has 4 saturated heterocycles. The van der Waals surface area contributed by atoms with Gasteiger partial charge in [-0.25, -0.2) is 0 Å². The van der Waals surface area contributed by atoms with Gasteiger partial charge in [-0.05, 0) is 26.7 Å². The summed E-state index contributed by atoms with van der Waals surface area (Å²) in [7, 11) is 3.44. The van der Waals surface area contributed by atoms with Crippen LogP contribution >= 0.6 is 23.5 Å². The molecule has 30 heavy (non-hydrogen) atoms. The van der Waals surface area contributed by atoms with Crippen LogP contribution in [0.1, 0.15) is 26.7 Å². The summed E-state index contributed by atoms with van der Waals surface area (Å²) in [5.74, 6) is 0. The van der Waals surface area contributed by atoms with E-state index < -0.39 is 36.6 Å². The topological polar surface area (TPSA) is 148 Å². The molecule has 6 N–H and O–H groups in total. The number of aliphatic hydroxyl groups is 4. The first-order chi connectivity index (χ1) is 14.2. The summed E-state index contributed by atoms with van der Waals surface area (Å²) in [5.41, 5.74) is -0.0987. The Morgan fingerprint density at radius 1 is 0.833 bits per heavy atom. The summed E-state index contributed by atoms with van der Waals surface area (Å²) in [6.45, 7) is 3.27.